The van der Waals surface area contributed by atoms with Gasteiger partial charge in [-0.05, 0) is 36.0 Å². The summed E-state index contributed by atoms with van der Waals surface area (Å²) in [6.45, 7) is 2.30. The van der Waals surface area contributed by atoms with E-state index in [0.717, 1.165) is 6.54 Å². The van der Waals surface area contributed by atoms with Gasteiger partial charge in [0.25, 0.3) is 0 Å². The Labute approximate surface area is 101 Å². The van der Waals surface area contributed by atoms with Crippen molar-refractivity contribution in [2.75, 3.05) is 13.1 Å². The van der Waals surface area contributed by atoms with Crippen LogP contribution in [0.25, 0.3) is 0 Å². The van der Waals surface area contributed by atoms with Crippen molar-refractivity contribution in [3.8, 4) is 0 Å². The van der Waals surface area contributed by atoms with Gasteiger partial charge in [-0.1, -0.05) is 18.2 Å². The Kier molecular flexibility index (Phi) is 2.63. The Morgan fingerprint density at radius 1 is 1.29 bits per heavy atom. The van der Waals surface area contributed by atoms with E-state index in [9.17, 15) is 4.79 Å². The van der Waals surface area contributed by atoms with Crippen LogP contribution in [0.15, 0.2) is 18.2 Å². The van der Waals surface area contributed by atoms with Crippen molar-refractivity contribution in [1.82, 2.24) is 4.90 Å². The summed E-state index contributed by atoms with van der Waals surface area (Å²) in [7, 11) is 0. The topological polar surface area (TPSA) is 40.5 Å². The number of carboxylic acid groups (broad SMARTS) is 1. The Bertz CT molecular complexity index is 450. The molecule has 17 heavy (non-hydrogen) atoms. The number of carboxylic acids is 1. The largest absolute Gasteiger partial charge is 0.481 e. The molecule has 1 aliphatic heterocycles. The van der Waals surface area contributed by atoms with Crippen molar-refractivity contribution in [3.05, 3.63) is 34.9 Å². The molecular weight excluding hydrogens is 214 g/mol. The van der Waals surface area contributed by atoms with Crippen molar-refractivity contribution >= 4 is 5.97 Å². The molecule has 0 bridgehead atoms. The van der Waals surface area contributed by atoms with Gasteiger partial charge in [0.05, 0.1) is 5.92 Å². The number of carbonyl (C=O) groups is 1. The minimum Gasteiger partial charge on any atom is -0.481 e. The predicted molar refractivity (Wildman–Crippen MR) is 64.9 cm³/mol. The molecule has 90 valence electrons. The van der Waals surface area contributed by atoms with E-state index >= 15 is 0 Å². The van der Waals surface area contributed by atoms with Crippen LogP contribution in [0.5, 0.6) is 0 Å². The van der Waals surface area contributed by atoms with Gasteiger partial charge < -0.3 is 5.11 Å². The maximum atomic E-state index is 10.7. The fourth-order valence-electron chi connectivity index (χ4n) is 2.84. The number of aliphatic carboxylic acids is 1. The number of aryl methyl sites for hydroxylation is 2. The minimum absolute atomic E-state index is 0.149. The molecule has 3 nitrogen and oxygen atoms in total. The summed E-state index contributed by atoms with van der Waals surface area (Å²) in [5.41, 5.74) is 4.33. The summed E-state index contributed by atoms with van der Waals surface area (Å²) in [6, 6.07) is 6.74. The van der Waals surface area contributed by atoms with Gasteiger partial charge >= 0.3 is 5.97 Å². The summed E-state index contributed by atoms with van der Waals surface area (Å²) >= 11 is 0. The number of hydrogen-bond donors (Lipinski definition) is 1. The summed E-state index contributed by atoms with van der Waals surface area (Å²) in [4.78, 5) is 12.9. The summed E-state index contributed by atoms with van der Waals surface area (Å²) in [5, 5.41) is 8.82. The molecule has 1 saturated heterocycles. The molecule has 1 fully saturated rings. The monoisotopic (exact) mass is 231 g/mol. The van der Waals surface area contributed by atoms with E-state index < -0.39 is 5.97 Å². The van der Waals surface area contributed by atoms with Crippen molar-refractivity contribution in [2.24, 2.45) is 5.92 Å². The molecule has 0 unspecified atom stereocenters. The quantitative estimate of drug-likeness (QED) is 0.860. The van der Waals surface area contributed by atoms with Gasteiger partial charge in [-0.15, -0.1) is 0 Å². The predicted octanol–water partition coefficient (Wildman–Crippen LogP) is 1.69. The fraction of sp³-hybridized carbons (Fsp3) is 0.500. The molecule has 1 heterocycles. The molecule has 2 aliphatic rings. The van der Waals surface area contributed by atoms with Gasteiger partial charge in [0.1, 0.15) is 0 Å². The third-order valence-electron chi connectivity index (χ3n) is 3.88. The number of likely N-dealkylation sites (tertiary alicyclic amines) is 1. The zero-order valence-electron chi connectivity index (χ0n) is 9.85. The molecule has 1 aliphatic carbocycles. The highest BCUT2D eigenvalue weighted by Crippen LogP contribution is 2.25. The number of rotatable bonds is 3. The van der Waals surface area contributed by atoms with Crippen LogP contribution < -0.4 is 0 Å². The van der Waals surface area contributed by atoms with Gasteiger partial charge in [-0.3, -0.25) is 9.69 Å². The minimum atomic E-state index is -0.657. The SMILES string of the molecule is O=C(O)C1CN(Cc2ccc3c(c2)CCC3)C1. The van der Waals surface area contributed by atoms with Gasteiger partial charge in [0, 0.05) is 19.6 Å². The maximum absolute atomic E-state index is 10.7. The molecule has 0 spiro atoms. The molecule has 3 rings (SSSR count). The van der Waals surface area contributed by atoms with Gasteiger partial charge in [0.15, 0.2) is 0 Å². The van der Waals surface area contributed by atoms with E-state index in [2.05, 4.69) is 23.1 Å². The first-order valence-corrected chi connectivity index (χ1v) is 6.28. The fourth-order valence-corrected chi connectivity index (χ4v) is 2.84. The second-order valence-electron chi connectivity index (χ2n) is 5.19. The van der Waals surface area contributed by atoms with Crippen molar-refractivity contribution < 1.29 is 9.90 Å². The van der Waals surface area contributed by atoms with Crippen LogP contribution in [0.1, 0.15) is 23.1 Å². The first-order chi connectivity index (χ1) is 8.22. The number of fused-ring (bicyclic) bond motifs is 1. The zero-order chi connectivity index (χ0) is 11.8. The lowest BCUT2D eigenvalue weighted by molar-refractivity contribution is -0.147. The van der Waals surface area contributed by atoms with E-state index in [1.807, 2.05) is 0 Å². The van der Waals surface area contributed by atoms with Gasteiger partial charge in [-0.25, -0.2) is 0 Å². The normalized spacial score (nSPS) is 20.0. The molecule has 0 saturated carbocycles. The number of benzene rings is 1. The lowest BCUT2D eigenvalue weighted by atomic mass is 9.98. The molecular formula is C14H17NO2. The van der Waals surface area contributed by atoms with E-state index in [4.69, 9.17) is 5.11 Å². The lowest BCUT2D eigenvalue weighted by Crippen LogP contribution is -2.49. The van der Waals surface area contributed by atoms with Crippen LogP contribution in [0, 0.1) is 5.92 Å². The van der Waals surface area contributed by atoms with Gasteiger partial charge in [0.2, 0.25) is 0 Å². The molecule has 1 aromatic carbocycles. The summed E-state index contributed by atoms with van der Waals surface area (Å²) < 4.78 is 0. The van der Waals surface area contributed by atoms with E-state index in [1.165, 1.54) is 36.0 Å². The van der Waals surface area contributed by atoms with Crippen molar-refractivity contribution in [3.63, 3.8) is 0 Å². The van der Waals surface area contributed by atoms with E-state index in [0.29, 0.717) is 13.1 Å². The highest BCUT2D eigenvalue weighted by Gasteiger charge is 2.32. The second-order valence-corrected chi connectivity index (χ2v) is 5.19. The molecule has 0 amide bonds. The number of hydrogen-bond acceptors (Lipinski definition) is 2. The molecule has 0 radical (unpaired) electrons. The molecule has 1 N–H and O–H groups in total. The zero-order valence-corrected chi connectivity index (χ0v) is 9.85. The lowest BCUT2D eigenvalue weighted by Gasteiger charge is -2.36. The molecule has 0 aromatic heterocycles. The Morgan fingerprint density at radius 2 is 2.06 bits per heavy atom. The van der Waals surface area contributed by atoms with Crippen LogP contribution in [0.2, 0.25) is 0 Å². The Morgan fingerprint density at radius 3 is 2.82 bits per heavy atom. The highest BCUT2D eigenvalue weighted by molar-refractivity contribution is 5.71. The number of nitrogens with zero attached hydrogens (tertiary/aromatic N) is 1. The third kappa shape index (κ3) is 2.07. The average molecular weight is 231 g/mol. The highest BCUT2D eigenvalue weighted by atomic mass is 16.4. The first kappa shape index (κ1) is 10.8. The average Bonchev–Trinajstić information content (AvgIpc) is 2.69. The maximum Gasteiger partial charge on any atom is 0.309 e. The summed E-state index contributed by atoms with van der Waals surface area (Å²) in [5.74, 6) is -0.806. The Balaban J connectivity index is 1.61. The van der Waals surface area contributed by atoms with Crippen LogP contribution in [-0.2, 0) is 24.2 Å². The van der Waals surface area contributed by atoms with Gasteiger partial charge in [-0.2, -0.15) is 0 Å². The Hall–Kier alpha value is -1.35. The van der Waals surface area contributed by atoms with E-state index in [1.54, 1.807) is 0 Å². The summed E-state index contributed by atoms with van der Waals surface area (Å²) in [6.07, 6.45) is 3.71. The van der Waals surface area contributed by atoms with Crippen LogP contribution >= 0.6 is 0 Å². The smallest absolute Gasteiger partial charge is 0.309 e. The third-order valence-corrected chi connectivity index (χ3v) is 3.88. The molecule has 3 heteroatoms. The van der Waals surface area contributed by atoms with E-state index in [-0.39, 0.29) is 5.92 Å². The van der Waals surface area contributed by atoms with Crippen molar-refractivity contribution in [2.45, 2.75) is 25.8 Å². The molecule has 1 aromatic rings. The standard InChI is InChI=1S/C14H17NO2/c16-14(17)13-8-15(9-13)7-10-4-5-11-2-1-3-12(11)6-10/h4-6,13H,1-3,7-9H2,(H,16,17). The van der Waals surface area contributed by atoms with Crippen LogP contribution in [-0.4, -0.2) is 29.1 Å². The van der Waals surface area contributed by atoms with Crippen LogP contribution in [0.3, 0.4) is 0 Å². The molecule has 0 atom stereocenters. The van der Waals surface area contributed by atoms with Crippen LogP contribution in [0.4, 0.5) is 0 Å². The first-order valence-electron chi connectivity index (χ1n) is 6.28. The second kappa shape index (κ2) is 4.15. The van der Waals surface area contributed by atoms with Crippen molar-refractivity contribution in [1.29, 1.82) is 0 Å².